The minimum atomic E-state index is -0.500. The van der Waals surface area contributed by atoms with Crippen molar-refractivity contribution < 1.29 is 9.66 Å². The van der Waals surface area contributed by atoms with Crippen LogP contribution in [0, 0.1) is 10.1 Å². The fraction of sp³-hybridized carbons (Fsp3) is 0.312. The van der Waals surface area contributed by atoms with E-state index in [9.17, 15) is 14.9 Å². The molecule has 1 aromatic heterocycles. The van der Waals surface area contributed by atoms with E-state index in [2.05, 4.69) is 20.4 Å². The van der Waals surface area contributed by atoms with Gasteiger partial charge in [-0.25, -0.2) is 0 Å². The molecule has 2 aromatic rings. The maximum absolute atomic E-state index is 12.2. The predicted molar refractivity (Wildman–Crippen MR) is 87.0 cm³/mol. The Morgan fingerprint density at radius 1 is 1.32 bits per heavy atom. The summed E-state index contributed by atoms with van der Waals surface area (Å²) in [5.41, 5.74) is -0.383. The molecule has 0 N–H and O–H groups in total. The molecule has 6 heteroatoms. The maximum atomic E-state index is 12.2. The van der Waals surface area contributed by atoms with Gasteiger partial charge in [0.15, 0.2) is 0 Å². The topological polar surface area (TPSA) is 74.4 Å². The highest BCUT2D eigenvalue weighted by Gasteiger charge is 2.14. The van der Waals surface area contributed by atoms with Crippen LogP contribution in [0.4, 0.5) is 5.69 Å². The summed E-state index contributed by atoms with van der Waals surface area (Å²) in [5.74, 6) is 0.437. The molecule has 0 bridgehead atoms. The zero-order chi connectivity index (χ0) is 16.7. The van der Waals surface area contributed by atoms with Gasteiger partial charge in [0.2, 0.25) is 0 Å². The fourth-order valence-electron chi connectivity index (χ4n) is 1.84. The second-order valence-corrected chi connectivity index (χ2v) is 4.69. The van der Waals surface area contributed by atoms with E-state index in [4.69, 9.17) is 4.74 Å². The number of hydrogen-bond donors (Lipinski definition) is 0. The molecule has 0 saturated heterocycles. The van der Waals surface area contributed by atoms with Crippen molar-refractivity contribution >= 4 is 16.5 Å². The molecule has 6 nitrogen and oxygen atoms in total. The van der Waals surface area contributed by atoms with Crippen molar-refractivity contribution in [3.8, 4) is 0 Å². The molecule has 0 atom stereocenters. The van der Waals surface area contributed by atoms with Gasteiger partial charge in [0.1, 0.15) is 5.76 Å². The summed E-state index contributed by atoms with van der Waals surface area (Å²) >= 11 is 0. The summed E-state index contributed by atoms with van der Waals surface area (Å²) in [4.78, 5) is 22.6. The first kappa shape index (κ1) is 17.4. The molecule has 22 heavy (non-hydrogen) atoms. The molecule has 0 aliphatic rings. The largest absolute Gasteiger partial charge is 0.500 e. The maximum Gasteiger partial charge on any atom is 0.277 e. The predicted octanol–water partition coefficient (Wildman–Crippen LogP) is 3.49. The van der Waals surface area contributed by atoms with Crippen LogP contribution >= 0.6 is 0 Å². The van der Waals surface area contributed by atoms with E-state index in [0.29, 0.717) is 16.5 Å². The molecule has 0 unspecified atom stereocenters. The van der Waals surface area contributed by atoms with Gasteiger partial charge in [0.05, 0.1) is 29.4 Å². The molecular formula is C16H20N2O4. The van der Waals surface area contributed by atoms with Crippen LogP contribution in [0.15, 0.2) is 47.6 Å². The molecule has 0 spiro atoms. The van der Waals surface area contributed by atoms with Gasteiger partial charge < -0.3 is 9.30 Å². The second-order valence-electron chi connectivity index (χ2n) is 4.69. The lowest BCUT2D eigenvalue weighted by Gasteiger charge is -2.08. The lowest BCUT2D eigenvalue weighted by Crippen LogP contribution is -2.20. The zero-order valence-electron chi connectivity index (χ0n) is 13.0. The van der Waals surface area contributed by atoms with Gasteiger partial charge in [0.25, 0.3) is 11.2 Å². The fourth-order valence-corrected chi connectivity index (χ4v) is 1.84. The van der Waals surface area contributed by atoms with Crippen molar-refractivity contribution in [2.24, 2.45) is 0 Å². The minimum absolute atomic E-state index is 0.0766. The summed E-state index contributed by atoms with van der Waals surface area (Å²) in [6.45, 7) is 8.11. The number of non-ortho nitro benzene ring substituents is 1. The average Bonchev–Trinajstić information content (AvgIpc) is 2.50. The Balaban J connectivity index is 0.000000745. The number of aromatic nitrogens is 1. The third-order valence-corrected chi connectivity index (χ3v) is 2.83. The number of rotatable bonds is 4. The molecule has 0 fully saturated rings. The number of pyridine rings is 1. The number of allylic oxidation sites excluding steroid dienone is 1. The van der Waals surface area contributed by atoms with E-state index in [0.717, 1.165) is 0 Å². The van der Waals surface area contributed by atoms with Crippen molar-refractivity contribution in [3.63, 3.8) is 0 Å². The van der Waals surface area contributed by atoms with Crippen molar-refractivity contribution in [2.75, 3.05) is 7.11 Å². The highest BCUT2D eigenvalue weighted by atomic mass is 16.6. The number of ether oxygens (including phenoxy) is 1. The number of nitrogens with zero attached hydrogens (tertiary/aromatic N) is 2. The van der Waals surface area contributed by atoms with Crippen LogP contribution in [0.25, 0.3) is 10.8 Å². The smallest absolute Gasteiger partial charge is 0.277 e. The Morgan fingerprint density at radius 3 is 2.50 bits per heavy atom. The highest BCUT2D eigenvalue weighted by molar-refractivity contribution is 5.89. The lowest BCUT2D eigenvalue weighted by molar-refractivity contribution is -0.383. The Kier molecular flexibility index (Phi) is 6.31. The third-order valence-electron chi connectivity index (χ3n) is 2.83. The van der Waals surface area contributed by atoms with Crippen LogP contribution in [0.1, 0.15) is 20.3 Å². The van der Waals surface area contributed by atoms with Gasteiger partial charge in [-0.2, -0.15) is 0 Å². The Hall–Kier alpha value is -2.63. The van der Waals surface area contributed by atoms with E-state index in [1.54, 1.807) is 12.1 Å². The molecule has 118 valence electrons. The summed E-state index contributed by atoms with van der Waals surface area (Å²) < 4.78 is 6.32. The van der Waals surface area contributed by atoms with Crippen LogP contribution in [0.3, 0.4) is 0 Å². The molecule has 0 radical (unpaired) electrons. The summed E-state index contributed by atoms with van der Waals surface area (Å²) in [6.07, 6.45) is 2.75. The quantitative estimate of drug-likeness (QED) is 0.492. The number of methoxy groups -OCH3 is 1. The first-order chi connectivity index (χ1) is 10.5. The number of benzene rings is 1. The van der Waals surface area contributed by atoms with Crippen molar-refractivity contribution in [2.45, 2.75) is 26.8 Å². The Labute approximate surface area is 128 Å². The van der Waals surface area contributed by atoms with Crippen LogP contribution < -0.4 is 5.56 Å². The number of hydrogen-bond acceptors (Lipinski definition) is 4. The first-order valence-electron chi connectivity index (χ1n) is 6.94. The summed E-state index contributed by atoms with van der Waals surface area (Å²) in [7, 11) is 1.47. The minimum Gasteiger partial charge on any atom is -0.500 e. The molecule has 0 amide bonds. The molecule has 0 aliphatic carbocycles. The lowest BCUT2D eigenvalue weighted by atomic mass is 10.1. The van der Waals surface area contributed by atoms with Crippen molar-refractivity contribution in [1.29, 1.82) is 0 Å². The van der Waals surface area contributed by atoms with Gasteiger partial charge in [-0.3, -0.25) is 14.9 Å². The van der Waals surface area contributed by atoms with Crippen LogP contribution in [-0.4, -0.2) is 16.6 Å². The molecule has 2 rings (SSSR count). The van der Waals surface area contributed by atoms with E-state index in [-0.39, 0.29) is 17.8 Å². The zero-order valence-corrected chi connectivity index (χ0v) is 13.0. The molecule has 0 saturated carbocycles. The normalized spacial score (nSPS) is 9.77. The second kappa shape index (κ2) is 7.97. The Bertz CT molecular complexity index is 734. The average molecular weight is 304 g/mol. The number of nitro groups is 1. The van der Waals surface area contributed by atoms with Crippen LogP contribution in [-0.2, 0) is 11.3 Å². The van der Waals surface area contributed by atoms with Crippen LogP contribution in [0.5, 0.6) is 0 Å². The highest BCUT2D eigenvalue weighted by Crippen LogP contribution is 2.22. The molecule has 1 heterocycles. The molecule has 0 aliphatic heterocycles. The van der Waals surface area contributed by atoms with Gasteiger partial charge in [-0.05, 0) is 12.1 Å². The SMILES string of the molecule is C=C(Cn1ccc2c([N+](=O)[O-])cccc2c1=O)OC.CCC. The molecular weight excluding hydrogens is 284 g/mol. The number of fused-ring (bicyclic) bond motifs is 1. The summed E-state index contributed by atoms with van der Waals surface area (Å²) in [6, 6.07) is 5.99. The number of nitro benzene ring substituents is 1. The van der Waals surface area contributed by atoms with Gasteiger partial charge in [-0.1, -0.05) is 32.9 Å². The van der Waals surface area contributed by atoms with Gasteiger partial charge in [0, 0.05) is 12.3 Å². The van der Waals surface area contributed by atoms with Gasteiger partial charge >= 0.3 is 0 Å². The third kappa shape index (κ3) is 3.94. The van der Waals surface area contributed by atoms with Crippen molar-refractivity contribution in [3.05, 3.63) is 63.3 Å². The summed E-state index contributed by atoms with van der Waals surface area (Å²) in [5, 5.41) is 11.5. The van der Waals surface area contributed by atoms with E-state index in [1.165, 1.54) is 36.4 Å². The monoisotopic (exact) mass is 304 g/mol. The Morgan fingerprint density at radius 2 is 1.95 bits per heavy atom. The van der Waals surface area contributed by atoms with Gasteiger partial charge in [-0.15, -0.1) is 0 Å². The molecule has 1 aromatic carbocycles. The van der Waals surface area contributed by atoms with E-state index < -0.39 is 4.92 Å². The van der Waals surface area contributed by atoms with Crippen LogP contribution in [0.2, 0.25) is 0 Å². The van der Waals surface area contributed by atoms with Crippen molar-refractivity contribution in [1.82, 2.24) is 4.57 Å². The van der Waals surface area contributed by atoms with E-state index in [1.807, 2.05) is 0 Å². The first-order valence-corrected chi connectivity index (χ1v) is 6.94. The van der Waals surface area contributed by atoms with E-state index >= 15 is 0 Å². The standard InChI is InChI=1S/C13H12N2O4.C3H8/c1-9(19-2)8-14-7-6-10-11(13(14)16)4-3-5-12(10)15(17)18;1-3-2/h3-7H,1,8H2,2H3;3H2,1-2H3.